The number of benzene rings is 3. The van der Waals surface area contributed by atoms with E-state index in [0.29, 0.717) is 0 Å². The van der Waals surface area contributed by atoms with E-state index in [9.17, 15) is 0 Å². The van der Waals surface area contributed by atoms with E-state index in [1.54, 1.807) is 0 Å². The molecule has 0 saturated heterocycles. The van der Waals surface area contributed by atoms with Gasteiger partial charge in [0.25, 0.3) is 0 Å². The van der Waals surface area contributed by atoms with Gasteiger partial charge in [0.15, 0.2) is 0 Å². The Morgan fingerprint density at radius 1 is 0.864 bits per heavy atom. The Labute approximate surface area is 132 Å². The van der Waals surface area contributed by atoms with E-state index >= 15 is 0 Å². The lowest BCUT2D eigenvalue weighted by molar-refractivity contribution is 1.22. The molecule has 0 aliphatic rings. The van der Waals surface area contributed by atoms with Gasteiger partial charge in [-0.2, -0.15) is 0 Å². The molecule has 0 heterocycles. The highest BCUT2D eigenvalue weighted by Gasteiger charge is 2.07. The van der Waals surface area contributed by atoms with Gasteiger partial charge >= 0.3 is 0 Å². The Hall–Kier alpha value is -2.34. The maximum absolute atomic E-state index is 2.28. The van der Waals surface area contributed by atoms with E-state index in [1.807, 2.05) is 0 Å². The van der Waals surface area contributed by atoms with Crippen LogP contribution in [-0.2, 0) is 0 Å². The smallest absolute Gasteiger partial charge is 0.0106 e. The van der Waals surface area contributed by atoms with Gasteiger partial charge in [0.2, 0.25) is 0 Å². The maximum atomic E-state index is 2.28. The quantitative estimate of drug-likeness (QED) is 0.648. The van der Waals surface area contributed by atoms with Gasteiger partial charge in [-0.15, -0.1) is 0 Å². The summed E-state index contributed by atoms with van der Waals surface area (Å²) in [7, 11) is 0. The van der Waals surface area contributed by atoms with Gasteiger partial charge in [0.1, 0.15) is 0 Å². The van der Waals surface area contributed by atoms with Crippen LogP contribution in [0, 0.1) is 6.92 Å². The van der Waals surface area contributed by atoms with Crippen molar-refractivity contribution in [2.75, 3.05) is 0 Å². The molecule has 0 nitrogen and oxygen atoms in total. The van der Waals surface area contributed by atoms with Crippen LogP contribution in [0.4, 0.5) is 0 Å². The lowest BCUT2D eigenvalue weighted by atomic mass is 9.92. The van der Waals surface area contributed by atoms with Crippen LogP contribution in [0.1, 0.15) is 31.4 Å². The number of hydrogen-bond donors (Lipinski definition) is 0. The van der Waals surface area contributed by atoms with Gasteiger partial charge in [-0.25, -0.2) is 0 Å². The van der Waals surface area contributed by atoms with Gasteiger partial charge in [0.05, 0.1) is 0 Å². The van der Waals surface area contributed by atoms with E-state index in [2.05, 4.69) is 87.5 Å². The molecule has 22 heavy (non-hydrogen) atoms. The molecule has 0 amide bonds. The zero-order valence-electron chi connectivity index (χ0n) is 13.6. The zero-order chi connectivity index (χ0) is 15.5. The largest absolute Gasteiger partial charge is 0.0798 e. The van der Waals surface area contributed by atoms with Gasteiger partial charge < -0.3 is 0 Å². The molecule has 0 bridgehead atoms. The second-order valence-electron chi connectivity index (χ2n) is 5.68. The van der Waals surface area contributed by atoms with E-state index in [1.165, 1.54) is 37.9 Å². The van der Waals surface area contributed by atoms with Crippen molar-refractivity contribution in [3.63, 3.8) is 0 Å². The molecule has 0 aromatic heterocycles. The molecule has 0 aliphatic heterocycles. The van der Waals surface area contributed by atoms with Crippen LogP contribution < -0.4 is 10.4 Å². The summed E-state index contributed by atoms with van der Waals surface area (Å²) >= 11 is 0. The van der Waals surface area contributed by atoms with E-state index in [-0.39, 0.29) is 0 Å². The van der Waals surface area contributed by atoms with Crippen molar-refractivity contribution >= 4 is 22.4 Å². The van der Waals surface area contributed by atoms with Gasteiger partial charge in [0, 0.05) is 0 Å². The number of aryl methyl sites for hydroxylation is 1. The molecule has 0 fully saturated rings. The number of fused-ring (bicyclic) bond motifs is 1. The summed E-state index contributed by atoms with van der Waals surface area (Å²) in [6.45, 7) is 6.54. The van der Waals surface area contributed by atoms with Crippen LogP contribution in [-0.4, -0.2) is 0 Å². The van der Waals surface area contributed by atoms with Crippen molar-refractivity contribution in [3.8, 4) is 0 Å². The summed E-state index contributed by atoms with van der Waals surface area (Å²) in [5, 5.41) is 5.36. The molecule has 0 saturated carbocycles. The summed E-state index contributed by atoms with van der Waals surface area (Å²) in [5.74, 6) is 0. The fourth-order valence-electron chi connectivity index (χ4n) is 3.26. The molecule has 0 heteroatoms. The molecule has 3 aromatic rings. The second-order valence-corrected chi connectivity index (χ2v) is 5.68. The Balaban J connectivity index is 2.47. The van der Waals surface area contributed by atoms with Crippen molar-refractivity contribution in [3.05, 3.63) is 82.2 Å². The Morgan fingerprint density at radius 2 is 1.55 bits per heavy atom. The lowest BCUT2D eigenvalue weighted by Crippen LogP contribution is -2.26. The van der Waals surface area contributed by atoms with Crippen LogP contribution in [0.5, 0.6) is 0 Å². The predicted octanol–water partition coefficient (Wildman–Crippen LogP) is 4.56. The van der Waals surface area contributed by atoms with Gasteiger partial charge in [-0.05, 0) is 58.2 Å². The highest BCUT2D eigenvalue weighted by atomic mass is 14.1. The Morgan fingerprint density at radius 3 is 2.27 bits per heavy atom. The fourth-order valence-corrected chi connectivity index (χ4v) is 3.26. The van der Waals surface area contributed by atoms with Crippen LogP contribution in [0.25, 0.3) is 22.4 Å². The first-order valence-corrected chi connectivity index (χ1v) is 7.99. The molecular weight excluding hydrogens is 264 g/mol. The Kier molecular flexibility index (Phi) is 4.11. The normalized spacial score (nSPS) is 13.5. The van der Waals surface area contributed by atoms with Crippen LogP contribution in [0.3, 0.4) is 0 Å². The van der Waals surface area contributed by atoms with Crippen molar-refractivity contribution in [2.24, 2.45) is 0 Å². The molecule has 0 aliphatic carbocycles. The highest BCUT2D eigenvalue weighted by Crippen LogP contribution is 2.27. The molecule has 0 atom stereocenters. The fraction of sp³-hybridized carbons (Fsp3) is 0.182. The first-order valence-electron chi connectivity index (χ1n) is 7.99. The standard InChI is InChI=1S/C22H22/c1-4-17-10-6-7-12-20(17)18(5-2)22-15-14-16(3)19-11-8-9-13-21(19)22/h4,6-15H,5H2,1-3H3. The summed E-state index contributed by atoms with van der Waals surface area (Å²) in [6.07, 6.45) is 3.22. The van der Waals surface area contributed by atoms with E-state index in [4.69, 9.17) is 0 Å². The van der Waals surface area contributed by atoms with E-state index < -0.39 is 0 Å². The summed E-state index contributed by atoms with van der Waals surface area (Å²) in [4.78, 5) is 0. The topological polar surface area (TPSA) is 0 Å². The molecule has 0 radical (unpaired) electrons. The predicted molar refractivity (Wildman–Crippen MR) is 97.3 cm³/mol. The zero-order valence-corrected chi connectivity index (χ0v) is 13.6. The van der Waals surface area contributed by atoms with Gasteiger partial charge in [-0.3, -0.25) is 0 Å². The highest BCUT2D eigenvalue weighted by molar-refractivity contribution is 5.95. The maximum Gasteiger partial charge on any atom is -0.0106 e. The SMILES string of the molecule is CC=c1ccccc1=C(CC)c1ccc(C)c2ccccc12. The monoisotopic (exact) mass is 286 g/mol. The minimum atomic E-state index is 1.03. The van der Waals surface area contributed by atoms with Crippen LogP contribution >= 0.6 is 0 Å². The summed E-state index contributed by atoms with van der Waals surface area (Å²) in [6, 6.07) is 21.9. The average molecular weight is 286 g/mol. The number of rotatable bonds is 2. The molecule has 0 spiro atoms. The molecule has 3 rings (SSSR count). The van der Waals surface area contributed by atoms with Crippen LogP contribution in [0.15, 0.2) is 60.7 Å². The summed E-state index contributed by atoms with van der Waals surface area (Å²) in [5.41, 5.74) is 4.12. The second kappa shape index (κ2) is 6.19. The lowest BCUT2D eigenvalue weighted by Gasteiger charge is -2.12. The minimum absolute atomic E-state index is 1.03. The van der Waals surface area contributed by atoms with Crippen molar-refractivity contribution < 1.29 is 0 Å². The van der Waals surface area contributed by atoms with Crippen molar-refractivity contribution in [1.82, 2.24) is 0 Å². The molecule has 0 N–H and O–H groups in total. The molecular formula is C22H22. The van der Waals surface area contributed by atoms with Gasteiger partial charge in [-0.1, -0.05) is 73.7 Å². The average Bonchev–Trinajstić information content (AvgIpc) is 2.58. The third-order valence-electron chi connectivity index (χ3n) is 4.42. The summed E-state index contributed by atoms with van der Waals surface area (Å²) < 4.78 is 0. The third kappa shape index (κ3) is 2.46. The first kappa shape index (κ1) is 14.6. The number of hydrogen-bond acceptors (Lipinski definition) is 0. The third-order valence-corrected chi connectivity index (χ3v) is 4.42. The minimum Gasteiger partial charge on any atom is -0.0798 e. The molecule has 0 unspecified atom stereocenters. The first-order chi connectivity index (χ1) is 10.8. The van der Waals surface area contributed by atoms with Crippen LogP contribution in [0.2, 0.25) is 0 Å². The van der Waals surface area contributed by atoms with Crippen molar-refractivity contribution in [2.45, 2.75) is 27.2 Å². The van der Waals surface area contributed by atoms with E-state index in [0.717, 1.165) is 6.42 Å². The molecule has 3 aromatic carbocycles. The Bertz CT molecular complexity index is 930. The van der Waals surface area contributed by atoms with Crippen molar-refractivity contribution in [1.29, 1.82) is 0 Å². The molecule has 110 valence electrons.